The zero-order chi connectivity index (χ0) is 18.4. The Morgan fingerprint density at radius 2 is 2.00 bits per heavy atom. The second kappa shape index (κ2) is 9.43. The molecular weight excluding hydrogens is 342 g/mol. The van der Waals surface area contributed by atoms with Crippen molar-refractivity contribution in [1.29, 1.82) is 0 Å². The maximum atomic E-state index is 6.27. The molecule has 1 aliphatic carbocycles. The van der Waals surface area contributed by atoms with Crippen LogP contribution >= 0.6 is 11.6 Å². The minimum atomic E-state index is 0.349. The molecule has 1 saturated carbocycles. The van der Waals surface area contributed by atoms with Crippen molar-refractivity contribution in [1.82, 2.24) is 5.32 Å². The molecule has 0 spiro atoms. The van der Waals surface area contributed by atoms with E-state index >= 15 is 0 Å². The summed E-state index contributed by atoms with van der Waals surface area (Å²) in [7, 11) is 0. The van der Waals surface area contributed by atoms with Gasteiger partial charge in [-0.3, -0.25) is 0 Å². The summed E-state index contributed by atoms with van der Waals surface area (Å²) in [5.41, 5.74) is 2.43. The number of hydrogen-bond donors (Lipinski definition) is 1. The lowest BCUT2D eigenvalue weighted by Crippen LogP contribution is -2.33. The van der Waals surface area contributed by atoms with Gasteiger partial charge in [0.15, 0.2) is 0 Å². The molecule has 140 valence electrons. The van der Waals surface area contributed by atoms with Gasteiger partial charge in [-0.05, 0) is 80.3 Å². The third kappa shape index (κ3) is 5.49. The summed E-state index contributed by atoms with van der Waals surface area (Å²) >= 11 is 6.24. The van der Waals surface area contributed by atoms with Gasteiger partial charge in [0, 0.05) is 11.6 Å². The SMILES string of the molecule is Cc1cccc(O[C@@H]2CCC[C@H](C(C)CNCc3ccccc3Cl)C2)c1. The predicted octanol–water partition coefficient (Wildman–Crippen LogP) is 6.01. The quantitative estimate of drug-likeness (QED) is 0.643. The molecule has 0 heterocycles. The van der Waals surface area contributed by atoms with E-state index in [-0.39, 0.29) is 0 Å². The lowest BCUT2D eigenvalue weighted by atomic mass is 9.79. The molecule has 1 fully saturated rings. The van der Waals surface area contributed by atoms with Crippen LogP contribution in [-0.2, 0) is 6.54 Å². The minimum absolute atomic E-state index is 0.349. The second-order valence-electron chi connectivity index (χ2n) is 7.68. The van der Waals surface area contributed by atoms with E-state index in [0.717, 1.165) is 36.2 Å². The van der Waals surface area contributed by atoms with Gasteiger partial charge in [-0.15, -0.1) is 0 Å². The molecule has 1 N–H and O–H groups in total. The van der Waals surface area contributed by atoms with Gasteiger partial charge < -0.3 is 10.1 Å². The maximum absolute atomic E-state index is 6.27. The van der Waals surface area contributed by atoms with Crippen LogP contribution in [0.25, 0.3) is 0 Å². The smallest absolute Gasteiger partial charge is 0.119 e. The maximum Gasteiger partial charge on any atom is 0.119 e. The molecule has 0 saturated heterocycles. The Hall–Kier alpha value is -1.51. The Kier molecular flexibility index (Phi) is 6.99. The van der Waals surface area contributed by atoms with E-state index < -0.39 is 0 Å². The summed E-state index contributed by atoms with van der Waals surface area (Å²) in [5, 5.41) is 4.43. The van der Waals surface area contributed by atoms with Crippen LogP contribution in [0.1, 0.15) is 43.7 Å². The largest absolute Gasteiger partial charge is 0.490 e. The molecule has 2 aromatic carbocycles. The number of nitrogens with one attached hydrogen (secondary N) is 1. The number of ether oxygens (including phenoxy) is 1. The number of hydrogen-bond acceptors (Lipinski definition) is 2. The van der Waals surface area contributed by atoms with Gasteiger partial charge in [-0.2, -0.15) is 0 Å². The van der Waals surface area contributed by atoms with E-state index in [0.29, 0.717) is 12.0 Å². The first-order valence-corrected chi connectivity index (χ1v) is 10.2. The summed E-state index contributed by atoms with van der Waals surface area (Å²) < 4.78 is 6.27. The molecule has 26 heavy (non-hydrogen) atoms. The molecule has 1 aliphatic rings. The van der Waals surface area contributed by atoms with Crippen LogP contribution in [0.3, 0.4) is 0 Å². The average molecular weight is 372 g/mol. The minimum Gasteiger partial charge on any atom is -0.490 e. The first-order valence-electron chi connectivity index (χ1n) is 9.79. The molecule has 3 rings (SSSR count). The van der Waals surface area contributed by atoms with E-state index in [9.17, 15) is 0 Å². The van der Waals surface area contributed by atoms with E-state index in [1.165, 1.54) is 30.4 Å². The molecule has 3 atom stereocenters. The zero-order valence-corrected chi connectivity index (χ0v) is 16.6. The van der Waals surface area contributed by atoms with Crippen molar-refractivity contribution in [2.45, 2.75) is 52.2 Å². The normalized spacial score (nSPS) is 21.3. The van der Waals surface area contributed by atoms with E-state index in [4.69, 9.17) is 16.3 Å². The van der Waals surface area contributed by atoms with Crippen LogP contribution in [0.15, 0.2) is 48.5 Å². The van der Waals surface area contributed by atoms with Gasteiger partial charge in [0.25, 0.3) is 0 Å². The Labute approximate surface area is 162 Å². The monoisotopic (exact) mass is 371 g/mol. The average Bonchev–Trinajstić information content (AvgIpc) is 2.63. The highest BCUT2D eigenvalue weighted by atomic mass is 35.5. The molecule has 3 heteroatoms. The molecule has 2 nitrogen and oxygen atoms in total. The van der Waals surface area contributed by atoms with Crippen molar-refractivity contribution in [3.05, 3.63) is 64.7 Å². The Morgan fingerprint density at radius 3 is 2.81 bits per heavy atom. The van der Waals surface area contributed by atoms with Crippen LogP contribution in [0.5, 0.6) is 5.75 Å². The number of halogens is 1. The Balaban J connectivity index is 1.46. The third-order valence-corrected chi connectivity index (χ3v) is 5.87. The van der Waals surface area contributed by atoms with Gasteiger partial charge >= 0.3 is 0 Å². The number of aryl methyl sites for hydroxylation is 1. The predicted molar refractivity (Wildman–Crippen MR) is 110 cm³/mol. The first kappa shape index (κ1) is 19.3. The number of benzene rings is 2. The topological polar surface area (TPSA) is 21.3 Å². The third-order valence-electron chi connectivity index (χ3n) is 5.50. The highest BCUT2D eigenvalue weighted by Gasteiger charge is 2.27. The van der Waals surface area contributed by atoms with Gasteiger partial charge in [-0.1, -0.05) is 48.9 Å². The van der Waals surface area contributed by atoms with Crippen molar-refractivity contribution in [3.8, 4) is 5.75 Å². The lowest BCUT2D eigenvalue weighted by molar-refractivity contribution is 0.102. The number of rotatable bonds is 7. The first-order chi connectivity index (χ1) is 12.6. The van der Waals surface area contributed by atoms with Gasteiger partial charge in [0.1, 0.15) is 5.75 Å². The standard InChI is InChI=1S/C23H30ClNO/c1-17-7-5-10-21(13-17)26-22-11-6-9-19(14-22)18(2)15-25-16-20-8-3-4-12-23(20)24/h3-5,7-8,10,12-13,18-19,22,25H,6,9,11,14-16H2,1-2H3/t18?,19-,22+/m0/s1. The fraction of sp³-hybridized carbons (Fsp3) is 0.478. The molecule has 2 aromatic rings. The second-order valence-corrected chi connectivity index (χ2v) is 8.09. The van der Waals surface area contributed by atoms with Crippen LogP contribution in [0, 0.1) is 18.8 Å². The van der Waals surface area contributed by atoms with Crippen molar-refractivity contribution >= 4 is 11.6 Å². The van der Waals surface area contributed by atoms with Crippen LogP contribution in [-0.4, -0.2) is 12.6 Å². The fourth-order valence-corrected chi connectivity index (χ4v) is 4.13. The molecule has 0 bridgehead atoms. The highest BCUT2D eigenvalue weighted by Crippen LogP contribution is 2.32. The van der Waals surface area contributed by atoms with Crippen molar-refractivity contribution < 1.29 is 4.74 Å². The molecule has 0 aromatic heterocycles. The molecule has 0 amide bonds. The van der Waals surface area contributed by atoms with Crippen molar-refractivity contribution in [2.75, 3.05) is 6.54 Å². The summed E-state index contributed by atoms with van der Waals surface area (Å²) in [5.74, 6) is 2.37. The Bertz CT molecular complexity index is 702. The Morgan fingerprint density at radius 1 is 1.15 bits per heavy atom. The van der Waals surface area contributed by atoms with E-state index in [1.807, 2.05) is 18.2 Å². The van der Waals surface area contributed by atoms with Crippen LogP contribution < -0.4 is 10.1 Å². The van der Waals surface area contributed by atoms with Crippen LogP contribution in [0.2, 0.25) is 5.02 Å². The summed E-state index contributed by atoms with van der Waals surface area (Å²) in [4.78, 5) is 0. The van der Waals surface area contributed by atoms with Crippen LogP contribution in [0.4, 0.5) is 0 Å². The summed E-state index contributed by atoms with van der Waals surface area (Å²) in [6.07, 6.45) is 5.24. The molecule has 0 aliphatic heterocycles. The van der Waals surface area contributed by atoms with E-state index in [2.05, 4.69) is 49.5 Å². The van der Waals surface area contributed by atoms with Gasteiger partial charge in [-0.25, -0.2) is 0 Å². The van der Waals surface area contributed by atoms with E-state index in [1.54, 1.807) is 0 Å². The molecular formula is C23H30ClNO. The van der Waals surface area contributed by atoms with Gasteiger partial charge in [0.05, 0.1) is 6.10 Å². The summed E-state index contributed by atoms with van der Waals surface area (Å²) in [6, 6.07) is 16.5. The van der Waals surface area contributed by atoms with Crippen molar-refractivity contribution in [3.63, 3.8) is 0 Å². The molecule has 1 unspecified atom stereocenters. The van der Waals surface area contributed by atoms with Crippen molar-refractivity contribution in [2.24, 2.45) is 11.8 Å². The zero-order valence-electron chi connectivity index (χ0n) is 15.9. The lowest BCUT2D eigenvalue weighted by Gasteiger charge is -2.33. The highest BCUT2D eigenvalue weighted by molar-refractivity contribution is 6.31. The van der Waals surface area contributed by atoms with Gasteiger partial charge in [0.2, 0.25) is 0 Å². The molecule has 0 radical (unpaired) electrons. The fourth-order valence-electron chi connectivity index (χ4n) is 3.93. The summed E-state index contributed by atoms with van der Waals surface area (Å²) in [6.45, 7) is 6.33.